The number of pyridine rings is 1. The second-order valence-corrected chi connectivity index (χ2v) is 6.35. The molecule has 0 spiro atoms. The molecule has 2 N–H and O–H groups in total. The topological polar surface area (TPSA) is 113 Å². The molecule has 0 bridgehead atoms. The zero-order valence-corrected chi connectivity index (χ0v) is 15.1. The van der Waals surface area contributed by atoms with Crippen molar-refractivity contribution >= 4 is 17.5 Å². The highest BCUT2D eigenvalue weighted by Crippen LogP contribution is 2.28. The molecule has 9 heteroatoms. The molecule has 0 saturated carbocycles. The summed E-state index contributed by atoms with van der Waals surface area (Å²) in [7, 11) is 1.62. The van der Waals surface area contributed by atoms with Crippen molar-refractivity contribution in [1.82, 2.24) is 25.5 Å². The molecule has 0 radical (unpaired) electrons. The van der Waals surface area contributed by atoms with Gasteiger partial charge in [0, 0.05) is 19.7 Å². The number of ether oxygens (including phenoxy) is 1. The number of anilines is 1. The maximum Gasteiger partial charge on any atom is 0.291 e. The number of likely N-dealkylation sites (N-methyl/N-ethyl adjacent to an activating group) is 1. The van der Waals surface area contributed by atoms with Crippen LogP contribution in [0.4, 0.5) is 5.69 Å². The van der Waals surface area contributed by atoms with Crippen LogP contribution in [0.3, 0.4) is 0 Å². The fourth-order valence-corrected chi connectivity index (χ4v) is 2.95. The first-order valence-corrected chi connectivity index (χ1v) is 8.72. The van der Waals surface area contributed by atoms with Crippen LogP contribution in [0.5, 0.6) is 5.75 Å². The van der Waals surface area contributed by atoms with E-state index in [0.29, 0.717) is 23.7 Å². The normalized spacial score (nSPS) is 16.1. The maximum absolute atomic E-state index is 12.7. The van der Waals surface area contributed by atoms with Crippen molar-refractivity contribution < 1.29 is 14.3 Å². The Labute approximate surface area is 160 Å². The number of nitrogens with one attached hydrogen (secondary N) is 2. The first-order valence-electron chi connectivity index (χ1n) is 8.72. The molecule has 1 aliphatic heterocycles. The summed E-state index contributed by atoms with van der Waals surface area (Å²) in [4.78, 5) is 34.9. The molecular formula is C19H18N6O3. The van der Waals surface area contributed by atoms with Gasteiger partial charge in [0.05, 0.1) is 11.9 Å². The van der Waals surface area contributed by atoms with Gasteiger partial charge in [0.1, 0.15) is 18.5 Å². The van der Waals surface area contributed by atoms with Gasteiger partial charge in [-0.25, -0.2) is 4.98 Å². The van der Waals surface area contributed by atoms with Crippen molar-refractivity contribution in [3.8, 4) is 5.75 Å². The maximum atomic E-state index is 12.7. The molecule has 0 saturated heterocycles. The quantitative estimate of drug-likeness (QED) is 0.699. The molecule has 2 amide bonds. The number of H-pyrrole nitrogens is 1. The standard InChI is InChI=1S/C19H18N6O3/c1-25-14-7-8-20-10-15(14)28-11-13(19(25)27)21-18(26)17-22-16(23-24-17)9-12-5-3-2-4-6-12/h2-8,10,13H,9,11H2,1H3,(H,21,26)(H,22,23,24). The molecule has 1 aliphatic rings. The fraction of sp³-hybridized carbons (Fsp3) is 0.211. The molecule has 28 heavy (non-hydrogen) atoms. The first-order chi connectivity index (χ1) is 13.6. The summed E-state index contributed by atoms with van der Waals surface area (Å²) < 4.78 is 5.63. The van der Waals surface area contributed by atoms with E-state index in [2.05, 4.69) is 25.5 Å². The number of fused-ring (bicyclic) bond motifs is 1. The lowest BCUT2D eigenvalue weighted by Gasteiger charge is -2.19. The van der Waals surface area contributed by atoms with Crippen LogP contribution in [-0.4, -0.2) is 51.7 Å². The molecule has 1 unspecified atom stereocenters. The molecule has 1 atom stereocenters. The van der Waals surface area contributed by atoms with Gasteiger partial charge < -0.3 is 15.0 Å². The number of carbonyl (C=O) groups excluding carboxylic acids is 2. The van der Waals surface area contributed by atoms with Crippen molar-refractivity contribution in [2.45, 2.75) is 12.5 Å². The van der Waals surface area contributed by atoms with Crippen LogP contribution in [-0.2, 0) is 11.2 Å². The van der Waals surface area contributed by atoms with Gasteiger partial charge in [0.15, 0.2) is 5.75 Å². The molecule has 3 heterocycles. The predicted molar refractivity (Wildman–Crippen MR) is 100 cm³/mol. The van der Waals surface area contributed by atoms with Crippen molar-refractivity contribution in [3.05, 3.63) is 66.0 Å². The Balaban J connectivity index is 1.45. The van der Waals surface area contributed by atoms with E-state index in [1.165, 1.54) is 11.1 Å². The van der Waals surface area contributed by atoms with Crippen molar-refractivity contribution in [1.29, 1.82) is 0 Å². The number of amides is 2. The van der Waals surface area contributed by atoms with Crippen LogP contribution < -0.4 is 15.0 Å². The molecule has 3 aromatic rings. The van der Waals surface area contributed by atoms with Crippen LogP contribution in [0.1, 0.15) is 22.0 Å². The summed E-state index contributed by atoms with van der Waals surface area (Å²) in [5, 5.41) is 9.37. The van der Waals surface area contributed by atoms with Crippen molar-refractivity contribution in [3.63, 3.8) is 0 Å². The summed E-state index contributed by atoms with van der Waals surface area (Å²) in [6.45, 7) is -0.00506. The van der Waals surface area contributed by atoms with E-state index in [-0.39, 0.29) is 18.3 Å². The molecule has 142 valence electrons. The Kier molecular flexibility index (Phi) is 4.71. The Hall–Kier alpha value is -3.75. The zero-order chi connectivity index (χ0) is 19.5. The Morgan fingerprint density at radius 3 is 2.96 bits per heavy atom. The summed E-state index contributed by atoms with van der Waals surface area (Å²) in [5.41, 5.74) is 1.64. The Bertz CT molecular complexity index is 1000. The smallest absolute Gasteiger partial charge is 0.291 e. The highest BCUT2D eigenvalue weighted by molar-refractivity contribution is 6.02. The van der Waals surface area contributed by atoms with Gasteiger partial charge in [0.2, 0.25) is 5.82 Å². The predicted octanol–water partition coefficient (Wildman–Crippen LogP) is 0.944. The van der Waals surface area contributed by atoms with Gasteiger partial charge in [-0.05, 0) is 11.6 Å². The molecular weight excluding hydrogens is 360 g/mol. The molecule has 2 aromatic heterocycles. The molecule has 9 nitrogen and oxygen atoms in total. The van der Waals surface area contributed by atoms with E-state index in [9.17, 15) is 9.59 Å². The number of rotatable bonds is 4. The molecule has 4 rings (SSSR count). The number of aromatic amines is 1. The summed E-state index contributed by atoms with van der Waals surface area (Å²) in [5.74, 6) is 0.187. The fourth-order valence-electron chi connectivity index (χ4n) is 2.95. The van der Waals surface area contributed by atoms with Crippen LogP contribution >= 0.6 is 0 Å². The van der Waals surface area contributed by atoms with Crippen LogP contribution in [0.25, 0.3) is 0 Å². The molecule has 0 fully saturated rings. The van der Waals surface area contributed by atoms with Gasteiger partial charge in [-0.3, -0.25) is 19.7 Å². The van der Waals surface area contributed by atoms with E-state index < -0.39 is 11.9 Å². The van der Waals surface area contributed by atoms with Crippen LogP contribution in [0.2, 0.25) is 0 Å². The van der Waals surface area contributed by atoms with E-state index in [1.54, 1.807) is 19.3 Å². The highest BCUT2D eigenvalue weighted by atomic mass is 16.5. The number of carbonyl (C=O) groups is 2. The van der Waals surface area contributed by atoms with E-state index in [4.69, 9.17) is 4.74 Å². The Morgan fingerprint density at radius 2 is 2.14 bits per heavy atom. The highest BCUT2D eigenvalue weighted by Gasteiger charge is 2.31. The Morgan fingerprint density at radius 1 is 1.32 bits per heavy atom. The average molecular weight is 378 g/mol. The van der Waals surface area contributed by atoms with Gasteiger partial charge in [0.25, 0.3) is 11.8 Å². The molecule has 0 aliphatic carbocycles. The minimum absolute atomic E-state index is 0.00506. The zero-order valence-electron chi connectivity index (χ0n) is 15.1. The van der Waals surface area contributed by atoms with E-state index >= 15 is 0 Å². The van der Waals surface area contributed by atoms with E-state index in [0.717, 1.165) is 5.56 Å². The second-order valence-electron chi connectivity index (χ2n) is 6.35. The summed E-state index contributed by atoms with van der Waals surface area (Å²) in [6.07, 6.45) is 3.64. The molecule has 1 aromatic carbocycles. The number of hydrogen-bond donors (Lipinski definition) is 2. The lowest BCUT2D eigenvalue weighted by Crippen LogP contribution is -2.49. The number of hydrogen-bond acceptors (Lipinski definition) is 6. The SMILES string of the molecule is CN1C(=O)C(NC(=O)c2n[nH]c(Cc3ccccc3)n2)COc2cnccc21. The third-order valence-corrected chi connectivity index (χ3v) is 4.41. The monoisotopic (exact) mass is 378 g/mol. The lowest BCUT2D eigenvalue weighted by molar-refractivity contribution is -0.120. The second kappa shape index (κ2) is 7.47. The number of benzene rings is 1. The minimum atomic E-state index is -0.860. The lowest BCUT2D eigenvalue weighted by atomic mass is 10.1. The van der Waals surface area contributed by atoms with Gasteiger partial charge in [-0.2, -0.15) is 0 Å². The van der Waals surface area contributed by atoms with Gasteiger partial charge in [-0.15, -0.1) is 5.10 Å². The van der Waals surface area contributed by atoms with Crippen LogP contribution in [0.15, 0.2) is 48.8 Å². The third-order valence-electron chi connectivity index (χ3n) is 4.41. The van der Waals surface area contributed by atoms with Gasteiger partial charge in [-0.1, -0.05) is 30.3 Å². The first kappa shape index (κ1) is 17.7. The third kappa shape index (κ3) is 3.54. The summed E-state index contributed by atoms with van der Waals surface area (Å²) >= 11 is 0. The van der Waals surface area contributed by atoms with Crippen LogP contribution in [0, 0.1) is 0 Å². The number of aromatic nitrogens is 4. The van der Waals surface area contributed by atoms with Crippen molar-refractivity contribution in [2.75, 3.05) is 18.6 Å². The largest absolute Gasteiger partial charge is 0.487 e. The van der Waals surface area contributed by atoms with E-state index in [1.807, 2.05) is 30.3 Å². The minimum Gasteiger partial charge on any atom is -0.487 e. The summed E-state index contributed by atoms with van der Waals surface area (Å²) in [6, 6.07) is 10.5. The van der Waals surface area contributed by atoms with Gasteiger partial charge >= 0.3 is 0 Å². The van der Waals surface area contributed by atoms with Crippen molar-refractivity contribution in [2.24, 2.45) is 0 Å². The number of nitrogens with zero attached hydrogens (tertiary/aromatic N) is 4. The average Bonchev–Trinajstić information content (AvgIpc) is 3.15.